The lowest BCUT2D eigenvalue weighted by Gasteiger charge is -2.07. The zero-order valence-electron chi connectivity index (χ0n) is 14.3. The average molecular weight is 327 g/mol. The van der Waals surface area contributed by atoms with E-state index in [2.05, 4.69) is 15.4 Å². The molecule has 0 spiro atoms. The molecule has 1 N–H and O–H groups in total. The van der Waals surface area contributed by atoms with Gasteiger partial charge in [0.25, 0.3) is 5.91 Å². The lowest BCUT2D eigenvalue weighted by Crippen LogP contribution is -2.29. The molecular weight excluding hydrogens is 306 g/mol. The van der Waals surface area contributed by atoms with Crippen LogP contribution < -0.4 is 10.1 Å². The second-order valence-electron chi connectivity index (χ2n) is 5.67. The molecule has 7 nitrogen and oxygen atoms in total. The van der Waals surface area contributed by atoms with Crippen molar-refractivity contribution in [3.8, 4) is 5.75 Å². The van der Waals surface area contributed by atoms with E-state index in [9.17, 15) is 4.79 Å². The van der Waals surface area contributed by atoms with Gasteiger partial charge in [-0.05, 0) is 32.0 Å². The summed E-state index contributed by atoms with van der Waals surface area (Å²) in [6.45, 7) is 4.83. The van der Waals surface area contributed by atoms with E-state index in [1.165, 1.54) is 0 Å². The molecule has 126 valence electrons. The molecule has 2 heterocycles. The van der Waals surface area contributed by atoms with Gasteiger partial charge < -0.3 is 14.6 Å². The van der Waals surface area contributed by atoms with E-state index in [1.807, 2.05) is 49.7 Å². The van der Waals surface area contributed by atoms with Gasteiger partial charge in [-0.25, -0.2) is 9.67 Å². The van der Waals surface area contributed by atoms with E-state index in [1.54, 1.807) is 11.8 Å². The highest BCUT2D eigenvalue weighted by Crippen LogP contribution is 2.27. The maximum absolute atomic E-state index is 12.5. The van der Waals surface area contributed by atoms with Gasteiger partial charge in [0, 0.05) is 19.0 Å². The normalized spacial score (nSPS) is 11.0. The van der Waals surface area contributed by atoms with Gasteiger partial charge in [-0.3, -0.25) is 4.79 Å². The maximum atomic E-state index is 12.5. The fourth-order valence-electron chi connectivity index (χ4n) is 2.87. The van der Waals surface area contributed by atoms with Crippen molar-refractivity contribution in [2.75, 3.05) is 13.7 Å². The second kappa shape index (κ2) is 6.35. The minimum absolute atomic E-state index is 0.120. The van der Waals surface area contributed by atoms with Gasteiger partial charge in [-0.1, -0.05) is 6.07 Å². The highest BCUT2D eigenvalue weighted by atomic mass is 16.5. The fraction of sp³-hybridized carbons (Fsp3) is 0.353. The number of carbonyl (C=O) groups is 1. The Bertz CT molecular complexity index is 894. The van der Waals surface area contributed by atoms with Crippen LogP contribution in [-0.4, -0.2) is 38.9 Å². The quantitative estimate of drug-likeness (QED) is 0.776. The average Bonchev–Trinajstić information content (AvgIpc) is 3.07. The first-order valence-corrected chi connectivity index (χ1v) is 7.80. The van der Waals surface area contributed by atoms with Gasteiger partial charge in [0.15, 0.2) is 0 Å². The summed E-state index contributed by atoms with van der Waals surface area (Å²) in [5.74, 6) is 2.22. The number of aryl methyl sites for hydroxylation is 3. The van der Waals surface area contributed by atoms with Crippen LogP contribution >= 0.6 is 0 Å². The summed E-state index contributed by atoms with van der Waals surface area (Å²) in [7, 11) is 3.51. The first-order chi connectivity index (χ1) is 11.5. The number of rotatable bonds is 5. The number of ether oxygens (including phenoxy) is 1. The molecule has 0 saturated carbocycles. The van der Waals surface area contributed by atoms with Crippen LogP contribution in [0.25, 0.3) is 10.9 Å². The Hall–Kier alpha value is -2.83. The third kappa shape index (κ3) is 2.84. The predicted octanol–water partition coefficient (Wildman–Crippen LogP) is 1.83. The van der Waals surface area contributed by atoms with Gasteiger partial charge >= 0.3 is 0 Å². The number of hydrogen-bond acceptors (Lipinski definition) is 4. The molecule has 1 amide bonds. The first kappa shape index (κ1) is 16.0. The van der Waals surface area contributed by atoms with Gasteiger partial charge in [0.1, 0.15) is 23.1 Å². The molecule has 0 fully saturated rings. The van der Waals surface area contributed by atoms with Gasteiger partial charge in [-0.2, -0.15) is 5.10 Å². The van der Waals surface area contributed by atoms with Gasteiger partial charge in [0.05, 0.1) is 19.2 Å². The fourth-order valence-corrected chi connectivity index (χ4v) is 2.87. The lowest BCUT2D eigenvalue weighted by molar-refractivity contribution is 0.0944. The molecule has 0 bridgehead atoms. The van der Waals surface area contributed by atoms with Crippen LogP contribution in [0.1, 0.15) is 22.1 Å². The van der Waals surface area contributed by atoms with E-state index < -0.39 is 0 Å². The second-order valence-corrected chi connectivity index (χ2v) is 5.67. The largest absolute Gasteiger partial charge is 0.496 e. The van der Waals surface area contributed by atoms with Crippen LogP contribution in [-0.2, 0) is 13.6 Å². The lowest BCUT2D eigenvalue weighted by atomic mass is 10.2. The van der Waals surface area contributed by atoms with Crippen molar-refractivity contribution in [3.63, 3.8) is 0 Å². The van der Waals surface area contributed by atoms with Crippen molar-refractivity contribution in [1.82, 2.24) is 24.6 Å². The van der Waals surface area contributed by atoms with E-state index in [-0.39, 0.29) is 5.91 Å². The Morgan fingerprint density at radius 1 is 1.33 bits per heavy atom. The number of amides is 1. The highest BCUT2D eigenvalue weighted by Gasteiger charge is 2.15. The molecule has 3 aromatic rings. The predicted molar refractivity (Wildman–Crippen MR) is 91.3 cm³/mol. The number of nitrogens with one attached hydrogen (secondary N) is 1. The van der Waals surface area contributed by atoms with Crippen molar-refractivity contribution in [2.24, 2.45) is 7.05 Å². The zero-order valence-corrected chi connectivity index (χ0v) is 14.3. The van der Waals surface area contributed by atoms with Crippen LogP contribution in [0.3, 0.4) is 0 Å². The van der Waals surface area contributed by atoms with Crippen LogP contribution in [0, 0.1) is 13.8 Å². The molecule has 2 aromatic heterocycles. The van der Waals surface area contributed by atoms with E-state index >= 15 is 0 Å². The van der Waals surface area contributed by atoms with E-state index in [0.717, 1.165) is 28.3 Å². The Kier molecular flexibility index (Phi) is 4.24. The van der Waals surface area contributed by atoms with Crippen molar-refractivity contribution in [1.29, 1.82) is 0 Å². The number of nitrogens with zero attached hydrogens (tertiary/aromatic N) is 4. The highest BCUT2D eigenvalue weighted by molar-refractivity contribution is 6.00. The van der Waals surface area contributed by atoms with E-state index in [0.29, 0.717) is 18.8 Å². The number of aromatic nitrogens is 4. The molecule has 7 heteroatoms. The number of fused-ring (bicyclic) bond motifs is 1. The third-order valence-electron chi connectivity index (χ3n) is 4.07. The molecule has 0 aliphatic carbocycles. The molecule has 0 aliphatic rings. The van der Waals surface area contributed by atoms with Gasteiger partial charge in [0.2, 0.25) is 0 Å². The molecule has 0 radical (unpaired) electrons. The molecule has 1 aromatic carbocycles. The van der Waals surface area contributed by atoms with Crippen LogP contribution in [0.2, 0.25) is 0 Å². The zero-order chi connectivity index (χ0) is 17.3. The maximum Gasteiger partial charge on any atom is 0.267 e. The molecule has 0 saturated heterocycles. The number of hydrogen-bond donors (Lipinski definition) is 1. The summed E-state index contributed by atoms with van der Waals surface area (Å²) in [5.41, 5.74) is 1.56. The molecule has 24 heavy (non-hydrogen) atoms. The summed E-state index contributed by atoms with van der Waals surface area (Å²) >= 11 is 0. The van der Waals surface area contributed by atoms with Crippen molar-refractivity contribution >= 4 is 16.8 Å². The minimum Gasteiger partial charge on any atom is -0.496 e. The van der Waals surface area contributed by atoms with Crippen LogP contribution in [0.5, 0.6) is 5.75 Å². The molecule has 0 aliphatic heterocycles. The summed E-state index contributed by atoms with van der Waals surface area (Å²) < 4.78 is 9.03. The summed E-state index contributed by atoms with van der Waals surface area (Å²) in [5, 5.41) is 8.15. The SMILES string of the molecule is COc1cccc2c1cc(C(=O)NCCn1nc(C)nc1C)n2C. The molecule has 0 unspecified atom stereocenters. The smallest absolute Gasteiger partial charge is 0.267 e. The number of methoxy groups -OCH3 is 1. The number of carbonyl (C=O) groups excluding carboxylic acids is 1. The molecule has 0 atom stereocenters. The molecule has 3 rings (SSSR count). The third-order valence-corrected chi connectivity index (χ3v) is 4.07. The Morgan fingerprint density at radius 3 is 2.79 bits per heavy atom. The minimum atomic E-state index is -0.120. The molecular formula is C17H21N5O2. The van der Waals surface area contributed by atoms with E-state index in [4.69, 9.17) is 4.74 Å². The van der Waals surface area contributed by atoms with Gasteiger partial charge in [-0.15, -0.1) is 0 Å². The van der Waals surface area contributed by atoms with Crippen LogP contribution in [0.15, 0.2) is 24.3 Å². The Morgan fingerprint density at radius 2 is 2.12 bits per heavy atom. The van der Waals surface area contributed by atoms with Crippen molar-refractivity contribution in [3.05, 3.63) is 41.6 Å². The topological polar surface area (TPSA) is 74.0 Å². The van der Waals surface area contributed by atoms with Crippen molar-refractivity contribution in [2.45, 2.75) is 20.4 Å². The Balaban J connectivity index is 1.74. The standard InChI is InChI=1S/C17H21N5O2/c1-11-19-12(2)22(20-11)9-8-18-17(23)15-10-13-14(21(15)3)6-5-7-16(13)24-4/h5-7,10H,8-9H2,1-4H3,(H,18,23). The number of benzene rings is 1. The first-order valence-electron chi connectivity index (χ1n) is 7.80. The van der Waals surface area contributed by atoms with Crippen LogP contribution in [0.4, 0.5) is 0 Å². The summed E-state index contributed by atoms with van der Waals surface area (Å²) in [6.07, 6.45) is 0. The summed E-state index contributed by atoms with van der Waals surface area (Å²) in [4.78, 5) is 16.7. The van der Waals surface area contributed by atoms with Crippen molar-refractivity contribution < 1.29 is 9.53 Å². The monoisotopic (exact) mass is 327 g/mol. The summed E-state index contributed by atoms with van der Waals surface area (Å²) in [6, 6.07) is 7.63. The Labute approximate surface area is 140 Å².